The molecule has 1 atom stereocenters. The highest BCUT2D eigenvalue weighted by Gasteiger charge is 2.33. The van der Waals surface area contributed by atoms with Gasteiger partial charge in [-0.05, 0) is 47.2 Å². The zero-order valence-electron chi connectivity index (χ0n) is 13.8. The molecule has 3 aromatic rings. The fourth-order valence-corrected chi connectivity index (χ4v) is 3.24. The Kier molecular flexibility index (Phi) is 4.26. The number of aromatic nitrogens is 4. The molecule has 2 N–H and O–H groups in total. The van der Waals surface area contributed by atoms with Crippen LogP contribution in [0.5, 0.6) is 0 Å². The number of amides is 1. The molecule has 2 heterocycles. The van der Waals surface area contributed by atoms with Crippen molar-refractivity contribution >= 4 is 33.5 Å². The Morgan fingerprint density at radius 3 is 2.62 bits per heavy atom. The molecule has 0 aliphatic carbocycles. The van der Waals surface area contributed by atoms with Crippen molar-refractivity contribution in [3.8, 4) is 0 Å². The Morgan fingerprint density at radius 1 is 1.15 bits per heavy atom. The summed E-state index contributed by atoms with van der Waals surface area (Å²) in [5.74, 6) is 0.307. The lowest BCUT2D eigenvalue weighted by atomic mass is 9.95. The first-order chi connectivity index (χ1) is 12.6. The number of carbonyl (C=O) groups is 1. The predicted molar refractivity (Wildman–Crippen MR) is 101 cm³/mol. The van der Waals surface area contributed by atoms with Crippen molar-refractivity contribution in [2.24, 2.45) is 0 Å². The highest BCUT2D eigenvalue weighted by atomic mass is 79.9. The van der Waals surface area contributed by atoms with Gasteiger partial charge in [0.1, 0.15) is 6.04 Å². The number of nitrogens with zero attached hydrogens (tertiary/aromatic N) is 4. The van der Waals surface area contributed by atoms with Crippen LogP contribution in [0.2, 0.25) is 0 Å². The summed E-state index contributed by atoms with van der Waals surface area (Å²) in [4.78, 5) is 13.1. The quantitative estimate of drug-likeness (QED) is 0.691. The number of halogens is 1. The van der Waals surface area contributed by atoms with E-state index in [-0.39, 0.29) is 5.91 Å². The number of fused-ring (bicyclic) bond motifs is 1. The van der Waals surface area contributed by atoms with Gasteiger partial charge in [0.05, 0.1) is 5.57 Å². The summed E-state index contributed by atoms with van der Waals surface area (Å²) in [6, 6.07) is 16.7. The fourth-order valence-electron chi connectivity index (χ4n) is 2.98. The number of benzene rings is 2. The van der Waals surface area contributed by atoms with Gasteiger partial charge in [0.25, 0.3) is 5.91 Å². The Morgan fingerprint density at radius 2 is 1.88 bits per heavy atom. The lowest BCUT2D eigenvalue weighted by Crippen LogP contribution is -2.31. The Balaban J connectivity index is 1.77. The highest BCUT2D eigenvalue weighted by molar-refractivity contribution is 9.10. The second-order valence-electron chi connectivity index (χ2n) is 5.88. The molecule has 0 bridgehead atoms. The minimum atomic E-state index is -0.418. The SMILES string of the molecule is CC1=C(C(=O)Nc2ccccc2)[C@H](c2ccc(Br)cc2)n2nnnc2N1. The number of carbonyl (C=O) groups excluding carboxylic acids is 1. The van der Waals surface area contributed by atoms with E-state index in [1.165, 1.54) is 0 Å². The van der Waals surface area contributed by atoms with Crippen molar-refractivity contribution in [3.05, 3.63) is 75.9 Å². The fraction of sp³-hybridized carbons (Fsp3) is 0.111. The van der Waals surface area contributed by atoms with Gasteiger partial charge in [-0.3, -0.25) is 4.79 Å². The van der Waals surface area contributed by atoms with Crippen LogP contribution in [0.15, 0.2) is 70.3 Å². The normalized spacial score (nSPS) is 16.0. The number of allylic oxidation sites excluding steroid dienone is 1. The zero-order chi connectivity index (χ0) is 18.1. The predicted octanol–water partition coefficient (Wildman–Crippen LogP) is 3.36. The molecule has 0 fully saturated rings. The molecule has 4 rings (SSSR count). The summed E-state index contributed by atoms with van der Waals surface area (Å²) in [7, 11) is 0. The summed E-state index contributed by atoms with van der Waals surface area (Å²) in [6.07, 6.45) is 0. The molecule has 2 aromatic carbocycles. The number of hydrogen-bond donors (Lipinski definition) is 2. The average molecular weight is 411 g/mol. The first-order valence-electron chi connectivity index (χ1n) is 8.01. The molecular formula is C18H15BrN6O. The molecule has 1 amide bonds. The standard InChI is InChI=1S/C18H15BrN6O/c1-11-15(17(26)21-14-5-3-2-4-6-14)16(12-7-9-13(19)10-8-12)25-18(20-11)22-23-24-25/h2-10,16H,1H3,(H,21,26)(H,20,22,24)/t16-/m0/s1. The van der Waals surface area contributed by atoms with E-state index in [0.717, 1.165) is 15.7 Å². The van der Waals surface area contributed by atoms with Crippen molar-refractivity contribution in [2.75, 3.05) is 10.6 Å². The zero-order valence-corrected chi connectivity index (χ0v) is 15.4. The summed E-state index contributed by atoms with van der Waals surface area (Å²) >= 11 is 3.44. The van der Waals surface area contributed by atoms with Crippen LogP contribution in [0.3, 0.4) is 0 Å². The Labute approximate surface area is 158 Å². The van der Waals surface area contributed by atoms with E-state index in [2.05, 4.69) is 42.1 Å². The molecule has 130 valence electrons. The van der Waals surface area contributed by atoms with E-state index in [1.54, 1.807) is 4.68 Å². The van der Waals surface area contributed by atoms with E-state index in [4.69, 9.17) is 0 Å². The van der Waals surface area contributed by atoms with Gasteiger partial charge in [-0.2, -0.15) is 4.68 Å². The molecule has 7 nitrogen and oxygen atoms in total. The molecule has 8 heteroatoms. The first-order valence-corrected chi connectivity index (χ1v) is 8.80. The Hall–Kier alpha value is -3.00. The number of rotatable bonds is 3. The van der Waals surface area contributed by atoms with Crippen molar-refractivity contribution in [1.82, 2.24) is 20.2 Å². The first kappa shape index (κ1) is 16.5. The van der Waals surface area contributed by atoms with Crippen LogP contribution in [0.4, 0.5) is 11.6 Å². The molecule has 0 saturated heterocycles. The minimum absolute atomic E-state index is 0.199. The maximum absolute atomic E-state index is 13.1. The molecule has 0 saturated carbocycles. The highest BCUT2D eigenvalue weighted by Crippen LogP contribution is 2.35. The lowest BCUT2D eigenvalue weighted by molar-refractivity contribution is -0.113. The van der Waals surface area contributed by atoms with Crippen LogP contribution < -0.4 is 10.6 Å². The van der Waals surface area contributed by atoms with Crippen LogP contribution in [0, 0.1) is 0 Å². The van der Waals surface area contributed by atoms with E-state index >= 15 is 0 Å². The van der Waals surface area contributed by atoms with Crippen LogP contribution in [-0.4, -0.2) is 26.1 Å². The largest absolute Gasteiger partial charge is 0.326 e. The third kappa shape index (κ3) is 2.99. The smallest absolute Gasteiger partial charge is 0.255 e. The summed E-state index contributed by atoms with van der Waals surface area (Å²) < 4.78 is 2.58. The minimum Gasteiger partial charge on any atom is -0.326 e. The maximum atomic E-state index is 13.1. The summed E-state index contributed by atoms with van der Waals surface area (Å²) in [6.45, 7) is 1.85. The van der Waals surface area contributed by atoms with E-state index in [0.29, 0.717) is 17.2 Å². The molecule has 0 unspecified atom stereocenters. The van der Waals surface area contributed by atoms with Gasteiger partial charge in [0.15, 0.2) is 0 Å². The molecule has 1 aliphatic rings. The second-order valence-corrected chi connectivity index (χ2v) is 6.80. The lowest BCUT2D eigenvalue weighted by Gasteiger charge is -2.28. The third-order valence-corrected chi connectivity index (χ3v) is 4.70. The maximum Gasteiger partial charge on any atom is 0.255 e. The van der Waals surface area contributed by atoms with Gasteiger partial charge in [0, 0.05) is 15.9 Å². The van der Waals surface area contributed by atoms with Gasteiger partial charge in [-0.1, -0.05) is 51.4 Å². The van der Waals surface area contributed by atoms with E-state index < -0.39 is 6.04 Å². The third-order valence-electron chi connectivity index (χ3n) is 4.18. The molecule has 26 heavy (non-hydrogen) atoms. The van der Waals surface area contributed by atoms with Crippen LogP contribution in [0.1, 0.15) is 18.5 Å². The number of nitrogens with one attached hydrogen (secondary N) is 2. The van der Waals surface area contributed by atoms with Crippen molar-refractivity contribution in [2.45, 2.75) is 13.0 Å². The molecule has 1 aromatic heterocycles. The van der Waals surface area contributed by atoms with Gasteiger partial charge < -0.3 is 10.6 Å². The number of anilines is 2. The molecule has 1 aliphatic heterocycles. The van der Waals surface area contributed by atoms with E-state index in [1.807, 2.05) is 61.5 Å². The van der Waals surface area contributed by atoms with E-state index in [9.17, 15) is 4.79 Å². The van der Waals surface area contributed by atoms with Crippen molar-refractivity contribution < 1.29 is 4.79 Å². The van der Waals surface area contributed by atoms with Gasteiger partial charge in [-0.25, -0.2) is 0 Å². The van der Waals surface area contributed by atoms with Crippen molar-refractivity contribution in [1.29, 1.82) is 0 Å². The molecule has 0 radical (unpaired) electrons. The summed E-state index contributed by atoms with van der Waals surface area (Å²) in [5.41, 5.74) is 2.93. The number of para-hydroxylation sites is 1. The summed E-state index contributed by atoms with van der Waals surface area (Å²) in [5, 5.41) is 17.9. The van der Waals surface area contributed by atoms with Crippen molar-refractivity contribution in [3.63, 3.8) is 0 Å². The van der Waals surface area contributed by atoms with Crippen LogP contribution in [0.25, 0.3) is 0 Å². The van der Waals surface area contributed by atoms with Gasteiger partial charge >= 0.3 is 0 Å². The number of tetrazole rings is 1. The van der Waals surface area contributed by atoms with Gasteiger partial charge in [-0.15, -0.1) is 0 Å². The van der Waals surface area contributed by atoms with Gasteiger partial charge in [0.2, 0.25) is 5.95 Å². The average Bonchev–Trinajstić information content (AvgIpc) is 3.10. The van der Waals surface area contributed by atoms with Crippen LogP contribution in [-0.2, 0) is 4.79 Å². The molecular weight excluding hydrogens is 396 g/mol. The topological polar surface area (TPSA) is 84.7 Å². The monoisotopic (exact) mass is 410 g/mol. The van der Waals surface area contributed by atoms with Crippen LogP contribution >= 0.6 is 15.9 Å². The Bertz CT molecular complexity index is 980. The second kappa shape index (κ2) is 6.72. The number of hydrogen-bond acceptors (Lipinski definition) is 5. The molecule has 0 spiro atoms.